The Morgan fingerprint density at radius 1 is 0.750 bits per heavy atom. The van der Waals surface area contributed by atoms with E-state index >= 15 is 0 Å². The van der Waals surface area contributed by atoms with E-state index in [1.165, 1.54) is 12.1 Å². The third-order valence-electron chi connectivity index (χ3n) is 1.53. The molecule has 0 heterocycles. The minimum Gasteiger partial charge on any atom is -0.872 e. The Morgan fingerprint density at radius 3 is 1.50 bits per heavy atom. The van der Waals surface area contributed by atoms with Crippen LogP contribution in [0.5, 0.6) is 5.75 Å². The Hall–Kier alpha value is -0.180. The van der Waals surface area contributed by atoms with E-state index in [9.17, 15) is 5.11 Å². The average molecular weight is 263 g/mol. The Kier molecular flexibility index (Phi) is 8.81. The van der Waals surface area contributed by atoms with E-state index in [0.717, 1.165) is 0 Å². The zero-order chi connectivity index (χ0) is 11.1. The topological polar surface area (TPSA) is 23.1 Å². The first-order valence-corrected chi connectivity index (χ1v) is 5.07. The molecule has 0 bridgehead atoms. The summed E-state index contributed by atoms with van der Waals surface area (Å²) in [5.41, 5.74) is 0. The van der Waals surface area contributed by atoms with E-state index < -0.39 is 0 Å². The minimum atomic E-state index is 0. The first-order valence-electron chi connectivity index (χ1n) is 4.31. The smallest absolute Gasteiger partial charge is 0.872 e. The van der Waals surface area contributed by atoms with Crippen molar-refractivity contribution in [3.05, 3.63) is 64.6 Å². The van der Waals surface area contributed by atoms with E-state index in [4.69, 9.17) is 23.2 Å². The molecular weight excluding hydrogens is 254 g/mol. The SMILES string of the molecule is Clc1cccc(Cl)c1.[Na+].[O-]c1ccccc1. The standard InChI is InChI=1S/C6H4Cl2.C6H6O.Na/c7-5-2-1-3-6(8)4-5;7-6-4-2-1-3-5-6;/h1-4H;1-5,7H;/q;;+1/p-1. The Bertz CT molecular complexity index is 390. The average Bonchev–Trinajstić information content (AvgIpc) is 2.19. The van der Waals surface area contributed by atoms with Gasteiger partial charge >= 0.3 is 29.6 Å². The van der Waals surface area contributed by atoms with E-state index in [1.807, 2.05) is 12.1 Å². The van der Waals surface area contributed by atoms with Crippen molar-refractivity contribution in [1.29, 1.82) is 0 Å². The molecule has 0 amide bonds. The maximum atomic E-state index is 10.3. The van der Waals surface area contributed by atoms with Crippen molar-refractivity contribution in [2.24, 2.45) is 0 Å². The molecule has 0 aliphatic heterocycles. The van der Waals surface area contributed by atoms with Gasteiger partial charge in [0, 0.05) is 10.0 Å². The molecule has 0 radical (unpaired) electrons. The summed E-state index contributed by atoms with van der Waals surface area (Å²) in [5.74, 6) is 0.0718. The van der Waals surface area contributed by atoms with Gasteiger partial charge in [-0.05, 0) is 18.2 Å². The van der Waals surface area contributed by atoms with Gasteiger partial charge in [-0.25, -0.2) is 0 Å². The predicted octanol–water partition coefficient (Wildman–Crippen LogP) is 0.758. The molecule has 0 atom stereocenters. The molecule has 2 aromatic rings. The Balaban J connectivity index is 0.000000267. The van der Waals surface area contributed by atoms with E-state index in [2.05, 4.69) is 0 Å². The second kappa shape index (κ2) is 8.91. The Morgan fingerprint density at radius 2 is 1.25 bits per heavy atom. The van der Waals surface area contributed by atoms with Crippen molar-refractivity contribution in [3.63, 3.8) is 0 Å². The molecular formula is C12H9Cl2NaO. The number of halogens is 2. The molecule has 1 nitrogen and oxygen atoms in total. The fraction of sp³-hybridized carbons (Fsp3) is 0. The largest absolute Gasteiger partial charge is 1.00 e. The van der Waals surface area contributed by atoms with Gasteiger partial charge in [-0.2, -0.15) is 0 Å². The quantitative estimate of drug-likeness (QED) is 0.643. The number of rotatable bonds is 0. The molecule has 0 saturated carbocycles. The molecule has 78 valence electrons. The molecule has 0 saturated heterocycles. The summed E-state index contributed by atoms with van der Waals surface area (Å²) >= 11 is 11.1. The summed E-state index contributed by atoms with van der Waals surface area (Å²) in [6, 6.07) is 15.4. The van der Waals surface area contributed by atoms with Crippen molar-refractivity contribution in [2.75, 3.05) is 0 Å². The Labute approximate surface area is 127 Å². The van der Waals surface area contributed by atoms with Crippen molar-refractivity contribution in [3.8, 4) is 5.75 Å². The zero-order valence-corrected chi connectivity index (χ0v) is 12.4. The normalized spacial score (nSPS) is 8.38. The molecule has 0 N–H and O–H groups in total. The van der Waals surface area contributed by atoms with Crippen molar-refractivity contribution in [1.82, 2.24) is 0 Å². The summed E-state index contributed by atoms with van der Waals surface area (Å²) in [6.07, 6.45) is 0. The summed E-state index contributed by atoms with van der Waals surface area (Å²) in [7, 11) is 0. The van der Waals surface area contributed by atoms with Crippen LogP contribution in [0, 0.1) is 0 Å². The van der Waals surface area contributed by atoms with Crippen LogP contribution >= 0.6 is 23.2 Å². The van der Waals surface area contributed by atoms with E-state index in [1.54, 1.807) is 30.3 Å². The molecule has 4 heteroatoms. The van der Waals surface area contributed by atoms with Crippen LogP contribution in [0.3, 0.4) is 0 Å². The van der Waals surface area contributed by atoms with Crippen LogP contribution in [0.4, 0.5) is 0 Å². The van der Waals surface area contributed by atoms with E-state index in [0.29, 0.717) is 10.0 Å². The van der Waals surface area contributed by atoms with Crippen LogP contribution < -0.4 is 34.7 Å². The maximum absolute atomic E-state index is 10.3. The van der Waals surface area contributed by atoms with Crippen LogP contribution in [0.15, 0.2) is 54.6 Å². The molecule has 2 aromatic carbocycles. The molecule has 0 fully saturated rings. The van der Waals surface area contributed by atoms with Crippen LogP contribution in [-0.2, 0) is 0 Å². The molecule has 0 unspecified atom stereocenters. The number of para-hydroxylation sites is 1. The second-order valence-electron chi connectivity index (χ2n) is 2.75. The van der Waals surface area contributed by atoms with Gasteiger partial charge in [0.05, 0.1) is 0 Å². The third kappa shape index (κ3) is 7.15. The van der Waals surface area contributed by atoms with Crippen LogP contribution in [0.25, 0.3) is 0 Å². The van der Waals surface area contributed by atoms with Gasteiger partial charge in [-0.15, -0.1) is 5.75 Å². The van der Waals surface area contributed by atoms with Gasteiger partial charge in [-0.3, -0.25) is 0 Å². The van der Waals surface area contributed by atoms with E-state index in [-0.39, 0.29) is 35.3 Å². The molecule has 0 aromatic heterocycles. The number of hydrogen-bond donors (Lipinski definition) is 0. The fourth-order valence-electron chi connectivity index (χ4n) is 0.880. The predicted molar refractivity (Wildman–Crippen MR) is 62.4 cm³/mol. The molecule has 0 aliphatic rings. The van der Waals surface area contributed by atoms with Gasteiger partial charge in [0.25, 0.3) is 0 Å². The van der Waals surface area contributed by atoms with Crippen LogP contribution in [0.1, 0.15) is 0 Å². The fourth-order valence-corrected chi connectivity index (χ4v) is 1.32. The van der Waals surface area contributed by atoms with Crippen molar-refractivity contribution >= 4 is 23.2 Å². The maximum Gasteiger partial charge on any atom is 1.00 e. The summed E-state index contributed by atoms with van der Waals surface area (Å²) in [5, 5.41) is 11.6. The first-order chi connectivity index (χ1) is 7.18. The summed E-state index contributed by atoms with van der Waals surface area (Å²) < 4.78 is 0. The summed E-state index contributed by atoms with van der Waals surface area (Å²) in [6.45, 7) is 0. The number of hydrogen-bond acceptors (Lipinski definition) is 1. The molecule has 2 rings (SSSR count). The first kappa shape index (κ1) is 15.8. The van der Waals surface area contributed by atoms with Crippen molar-refractivity contribution in [2.45, 2.75) is 0 Å². The molecule has 16 heavy (non-hydrogen) atoms. The van der Waals surface area contributed by atoms with Gasteiger partial charge in [0.1, 0.15) is 0 Å². The molecule has 0 aliphatic carbocycles. The van der Waals surface area contributed by atoms with Crippen LogP contribution in [-0.4, -0.2) is 0 Å². The number of benzene rings is 2. The van der Waals surface area contributed by atoms with Gasteiger partial charge in [0.2, 0.25) is 0 Å². The van der Waals surface area contributed by atoms with Gasteiger partial charge < -0.3 is 5.11 Å². The van der Waals surface area contributed by atoms with Gasteiger partial charge in [-0.1, -0.05) is 59.6 Å². The molecule has 0 spiro atoms. The van der Waals surface area contributed by atoms with Crippen molar-refractivity contribution < 1.29 is 34.7 Å². The minimum absolute atomic E-state index is 0. The second-order valence-corrected chi connectivity index (χ2v) is 3.63. The van der Waals surface area contributed by atoms with Gasteiger partial charge in [0.15, 0.2) is 0 Å². The third-order valence-corrected chi connectivity index (χ3v) is 2.00. The summed E-state index contributed by atoms with van der Waals surface area (Å²) in [4.78, 5) is 0. The monoisotopic (exact) mass is 262 g/mol. The van der Waals surface area contributed by atoms with Crippen LogP contribution in [0.2, 0.25) is 10.0 Å². The zero-order valence-electron chi connectivity index (χ0n) is 8.86.